The molecule has 0 spiro atoms. The minimum absolute atomic E-state index is 0.0709. The molecule has 1 aliphatic rings. The summed E-state index contributed by atoms with van der Waals surface area (Å²) in [4.78, 5) is 28.4. The molecule has 1 heterocycles. The van der Waals surface area contributed by atoms with Gasteiger partial charge in [0.15, 0.2) is 0 Å². The molecule has 2 aromatic rings. The number of carbonyl (C=O) groups excluding carboxylic acids is 2. The van der Waals surface area contributed by atoms with E-state index < -0.39 is 16.1 Å². The molecular weight excluding hydrogens is 452 g/mol. The minimum Gasteiger partial charge on any atom is -0.353 e. The summed E-state index contributed by atoms with van der Waals surface area (Å²) in [5, 5.41) is 2.86. The number of likely N-dealkylation sites (N-methyl/N-ethyl adjacent to an activating group) is 1. The van der Waals surface area contributed by atoms with E-state index in [-0.39, 0.29) is 22.6 Å². The number of nitrogens with zero attached hydrogens (tertiary/aromatic N) is 2. The Morgan fingerprint density at radius 3 is 2.47 bits per heavy atom. The highest BCUT2D eigenvalue weighted by molar-refractivity contribution is 7.89. The van der Waals surface area contributed by atoms with Gasteiger partial charge >= 0.3 is 0 Å². The molecule has 3 rings (SSSR count). The molecule has 1 atom stereocenters. The highest BCUT2D eigenvalue weighted by atomic mass is 32.2. The van der Waals surface area contributed by atoms with Gasteiger partial charge in [0.05, 0.1) is 4.90 Å². The average molecular weight is 487 g/mol. The van der Waals surface area contributed by atoms with Crippen molar-refractivity contribution in [3.8, 4) is 0 Å². The lowest BCUT2D eigenvalue weighted by Gasteiger charge is -2.23. The van der Waals surface area contributed by atoms with Crippen LogP contribution in [0.3, 0.4) is 0 Å². The van der Waals surface area contributed by atoms with Crippen LogP contribution in [0.2, 0.25) is 0 Å². The van der Waals surface area contributed by atoms with Crippen molar-refractivity contribution in [2.45, 2.75) is 44.7 Å². The summed E-state index contributed by atoms with van der Waals surface area (Å²) in [6.45, 7) is 7.45. The first-order valence-corrected chi connectivity index (χ1v) is 13.0. The van der Waals surface area contributed by atoms with E-state index in [0.717, 1.165) is 17.8 Å². The molecule has 0 saturated carbocycles. The van der Waals surface area contributed by atoms with E-state index >= 15 is 0 Å². The first kappa shape index (κ1) is 25.9. The summed E-state index contributed by atoms with van der Waals surface area (Å²) >= 11 is 0. The number of benzene rings is 2. The maximum absolute atomic E-state index is 13.1. The second-order valence-electron chi connectivity index (χ2n) is 9.07. The second kappa shape index (κ2) is 11.1. The second-order valence-corrected chi connectivity index (χ2v) is 10.8. The van der Waals surface area contributed by atoms with Crippen molar-refractivity contribution >= 4 is 27.5 Å². The van der Waals surface area contributed by atoms with Gasteiger partial charge in [0.2, 0.25) is 21.8 Å². The molecule has 0 bridgehead atoms. The average Bonchev–Trinajstić information content (AvgIpc) is 3.21. The molecule has 0 saturated heterocycles. The molecule has 0 aliphatic carbocycles. The van der Waals surface area contributed by atoms with Crippen LogP contribution in [-0.4, -0.2) is 57.9 Å². The Labute approximate surface area is 202 Å². The molecule has 34 heavy (non-hydrogen) atoms. The summed E-state index contributed by atoms with van der Waals surface area (Å²) in [5.74, 6) is -0.659. The van der Waals surface area contributed by atoms with Gasteiger partial charge in [0, 0.05) is 38.8 Å². The largest absolute Gasteiger partial charge is 0.353 e. The number of sulfonamides is 1. The van der Waals surface area contributed by atoms with Crippen LogP contribution in [0, 0.1) is 5.92 Å². The van der Waals surface area contributed by atoms with Crippen molar-refractivity contribution in [2.75, 3.05) is 31.6 Å². The van der Waals surface area contributed by atoms with E-state index in [0.29, 0.717) is 26.1 Å². The number of carbonyl (C=O) groups is 2. The molecule has 2 aromatic carbocycles. The molecule has 9 heteroatoms. The summed E-state index contributed by atoms with van der Waals surface area (Å²) in [6, 6.07) is 13.9. The Hall–Kier alpha value is -2.75. The SMILES string of the molecule is CC(=O)N1CCc2cc(S(=O)(=O)N[C@H](C(=O)NCCN(C)Cc3ccccc3)C(C)C)ccc21. The van der Waals surface area contributed by atoms with Gasteiger partial charge in [-0.3, -0.25) is 9.59 Å². The molecule has 0 radical (unpaired) electrons. The van der Waals surface area contributed by atoms with Crippen LogP contribution < -0.4 is 14.9 Å². The van der Waals surface area contributed by atoms with E-state index in [9.17, 15) is 18.0 Å². The smallest absolute Gasteiger partial charge is 0.241 e. The minimum atomic E-state index is -3.92. The molecule has 2 amide bonds. The van der Waals surface area contributed by atoms with Crippen molar-refractivity contribution in [3.05, 3.63) is 59.7 Å². The number of hydrogen-bond acceptors (Lipinski definition) is 5. The van der Waals surface area contributed by atoms with Crippen molar-refractivity contribution in [2.24, 2.45) is 5.92 Å². The molecule has 184 valence electrons. The van der Waals surface area contributed by atoms with Crippen LogP contribution >= 0.6 is 0 Å². The topological polar surface area (TPSA) is 98.8 Å². The number of amides is 2. The quantitative estimate of drug-likeness (QED) is 0.536. The van der Waals surface area contributed by atoms with Gasteiger partial charge in [-0.15, -0.1) is 0 Å². The maximum atomic E-state index is 13.1. The molecule has 0 fully saturated rings. The van der Waals surface area contributed by atoms with Crippen LogP contribution in [0.5, 0.6) is 0 Å². The lowest BCUT2D eigenvalue weighted by Crippen LogP contribution is -2.50. The van der Waals surface area contributed by atoms with Gasteiger partial charge in [0.1, 0.15) is 6.04 Å². The third kappa shape index (κ3) is 6.43. The van der Waals surface area contributed by atoms with Gasteiger partial charge in [0.25, 0.3) is 0 Å². The number of rotatable bonds is 10. The van der Waals surface area contributed by atoms with Crippen molar-refractivity contribution in [1.82, 2.24) is 14.9 Å². The lowest BCUT2D eigenvalue weighted by atomic mass is 10.1. The van der Waals surface area contributed by atoms with Gasteiger partial charge in [-0.05, 0) is 48.7 Å². The molecule has 1 aliphatic heterocycles. The van der Waals surface area contributed by atoms with Crippen molar-refractivity contribution in [1.29, 1.82) is 0 Å². The fraction of sp³-hybridized carbons (Fsp3) is 0.440. The first-order chi connectivity index (χ1) is 16.1. The van der Waals surface area contributed by atoms with E-state index in [1.807, 2.05) is 39.1 Å². The zero-order valence-electron chi connectivity index (χ0n) is 20.2. The number of anilines is 1. The third-order valence-electron chi connectivity index (χ3n) is 5.96. The summed E-state index contributed by atoms with van der Waals surface area (Å²) in [7, 11) is -1.94. The maximum Gasteiger partial charge on any atom is 0.241 e. The summed E-state index contributed by atoms with van der Waals surface area (Å²) < 4.78 is 28.7. The number of hydrogen-bond donors (Lipinski definition) is 2. The fourth-order valence-corrected chi connectivity index (χ4v) is 5.45. The zero-order valence-corrected chi connectivity index (χ0v) is 21.1. The zero-order chi connectivity index (χ0) is 24.9. The summed E-state index contributed by atoms with van der Waals surface area (Å²) in [5.41, 5.74) is 2.74. The Bertz CT molecular complexity index is 1120. The fourth-order valence-electron chi connectivity index (χ4n) is 4.05. The van der Waals surface area contributed by atoms with Crippen LogP contribution in [-0.2, 0) is 32.6 Å². The third-order valence-corrected chi connectivity index (χ3v) is 7.40. The first-order valence-electron chi connectivity index (χ1n) is 11.5. The highest BCUT2D eigenvalue weighted by Crippen LogP contribution is 2.30. The highest BCUT2D eigenvalue weighted by Gasteiger charge is 2.30. The van der Waals surface area contributed by atoms with Crippen LogP contribution in [0.15, 0.2) is 53.4 Å². The molecule has 8 nitrogen and oxygen atoms in total. The van der Waals surface area contributed by atoms with Gasteiger partial charge in [-0.2, -0.15) is 4.72 Å². The molecular formula is C25H34N4O4S. The van der Waals surface area contributed by atoms with Crippen LogP contribution in [0.25, 0.3) is 0 Å². The standard InChI is InChI=1S/C25H34N4O4S/c1-18(2)24(25(31)26-13-15-28(4)17-20-8-6-5-7-9-20)27-34(32,33)22-10-11-23-21(16-22)12-14-29(23)19(3)30/h5-11,16,18,24,27H,12-15,17H2,1-4H3,(H,26,31)/t24-/m0/s1. The van der Waals surface area contributed by atoms with Gasteiger partial charge in [-0.1, -0.05) is 44.2 Å². The monoisotopic (exact) mass is 486 g/mol. The lowest BCUT2D eigenvalue weighted by molar-refractivity contribution is -0.123. The van der Waals surface area contributed by atoms with E-state index in [1.54, 1.807) is 17.0 Å². The van der Waals surface area contributed by atoms with E-state index in [4.69, 9.17) is 0 Å². The normalized spacial score (nSPS) is 14.4. The Morgan fingerprint density at radius 1 is 1.12 bits per heavy atom. The Balaban J connectivity index is 1.60. The Morgan fingerprint density at radius 2 is 1.82 bits per heavy atom. The predicted octanol–water partition coefficient (Wildman–Crippen LogP) is 2.15. The summed E-state index contributed by atoms with van der Waals surface area (Å²) in [6.07, 6.45) is 0.600. The van der Waals surface area contributed by atoms with Gasteiger partial charge in [-0.25, -0.2) is 8.42 Å². The van der Waals surface area contributed by atoms with Crippen molar-refractivity contribution in [3.63, 3.8) is 0 Å². The predicted molar refractivity (Wildman–Crippen MR) is 133 cm³/mol. The Kier molecular flexibility index (Phi) is 8.46. The van der Waals surface area contributed by atoms with E-state index in [2.05, 4.69) is 27.1 Å². The van der Waals surface area contributed by atoms with Gasteiger partial charge < -0.3 is 15.1 Å². The molecule has 0 unspecified atom stereocenters. The van der Waals surface area contributed by atoms with E-state index in [1.165, 1.54) is 18.6 Å². The molecule has 0 aromatic heterocycles. The van der Waals surface area contributed by atoms with Crippen LogP contribution in [0.4, 0.5) is 5.69 Å². The van der Waals surface area contributed by atoms with Crippen molar-refractivity contribution < 1.29 is 18.0 Å². The van der Waals surface area contributed by atoms with Crippen LogP contribution in [0.1, 0.15) is 31.9 Å². The number of fused-ring (bicyclic) bond motifs is 1. The number of nitrogens with one attached hydrogen (secondary N) is 2. The molecule has 2 N–H and O–H groups in total.